The molecule has 0 bridgehead atoms. The number of allylic oxidation sites excluding steroid dienone is 1. The second-order valence-corrected chi connectivity index (χ2v) is 8.83. The highest BCUT2D eigenvalue weighted by molar-refractivity contribution is 8.05. The number of nitrogens with one attached hydrogen (secondary N) is 1. The Morgan fingerprint density at radius 3 is 1.53 bits per heavy atom. The Hall–Kier alpha value is -1.95. The van der Waals surface area contributed by atoms with E-state index in [1.165, 1.54) is 0 Å². The molecule has 0 saturated heterocycles. The molecule has 1 aromatic carbocycles. The van der Waals surface area contributed by atoms with Crippen molar-refractivity contribution in [3.63, 3.8) is 0 Å². The van der Waals surface area contributed by atoms with Crippen molar-refractivity contribution in [3.05, 3.63) is 34.9 Å². The van der Waals surface area contributed by atoms with E-state index in [4.69, 9.17) is 0 Å². The summed E-state index contributed by atoms with van der Waals surface area (Å²) in [5.41, 5.74) is -1.69. The Labute approximate surface area is 160 Å². The molecule has 1 N–H and O–H groups in total. The average molecular weight is 501 g/mol. The standard InChI is InChI=1S/C12H6F11NO4S2/c1-2-3-4-5(13)7(15)8(16)9(6(4)14)29(25,26)24-30(27,28)10(17,11(18,19)20)12(21,22)23/h2-3,24H,1H3/b3-2+. The van der Waals surface area contributed by atoms with Crippen molar-refractivity contribution in [1.29, 1.82) is 0 Å². The number of sulfonamides is 2. The first-order chi connectivity index (χ1) is 13.2. The van der Waals surface area contributed by atoms with Gasteiger partial charge in [0.2, 0.25) is 0 Å². The Morgan fingerprint density at radius 2 is 1.17 bits per heavy atom. The Bertz CT molecular complexity index is 1070. The van der Waals surface area contributed by atoms with Crippen LogP contribution in [0.2, 0.25) is 0 Å². The second-order valence-electron chi connectivity index (χ2n) is 5.18. The SMILES string of the molecule is C/C=C/c1c(F)c(F)c(F)c(S(=O)(=O)NS(=O)(=O)C(F)(C(F)(F)F)C(F)(F)F)c1F. The number of rotatable bonds is 5. The van der Waals surface area contributed by atoms with E-state index in [1.807, 2.05) is 0 Å². The van der Waals surface area contributed by atoms with Gasteiger partial charge in [0.1, 0.15) is 0 Å². The van der Waals surface area contributed by atoms with Gasteiger partial charge < -0.3 is 0 Å². The quantitative estimate of drug-likeness (QED) is 0.380. The summed E-state index contributed by atoms with van der Waals surface area (Å²) in [7, 11) is -14.5. The van der Waals surface area contributed by atoms with Crippen molar-refractivity contribution in [2.75, 3.05) is 0 Å². The fraction of sp³-hybridized carbons (Fsp3) is 0.333. The normalized spacial score (nSPS) is 14.5. The zero-order valence-corrected chi connectivity index (χ0v) is 15.4. The summed E-state index contributed by atoms with van der Waals surface area (Å²) >= 11 is 0. The van der Waals surface area contributed by atoms with Gasteiger partial charge in [-0.05, 0) is 6.92 Å². The van der Waals surface area contributed by atoms with Crippen LogP contribution in [0.25, 0.3) is 6.08 Å². The molecule has 0 radical (unpaired) electrons. The van der Waals surface area contributed by atoms with Gasteiger partial charge >= 0.3 is 17.4 Å². The summed E-state index contributed by atoms with van der Waals surface area (Å²) in [5, 5.41) is -7.27. The highest BCUT2D eigenvalue weighted by atomic mass is 32.3. The smallest absolute Gasteiger partial charge is 0.207 e. The Balaban J connectivity index is 3.86. The molecule has 0 amide bonds. The minimum absolute atomic E-state index is 0.269. The molecule has 0 atom stereocenters. The van der Waals surface area contributed by atoms with E-state index in [0.717, 1.165) is 13.0 Å². The maximum absolute atomic E-state index is 14.1. The van der Waals surface area contributed by atoms with Crippen molar-refractivity contribution < 1.29 is 65.1 Å². The molecule has 0 aromatic heterocycles. The lowest BCUT2D eigenvalue weighted by Gasteiger charge is -2.29. The molecule has 1 aromatic rings. The number of hydrogen-bond donors (Lipinski definition) is 1. The van der Waals surface area contributed by atoms with Crippen LogP contribution in [0.3, 0.4) is 0 Å². The van der Waals surface area contributed by atoms with Crippen LogP contribution in [0.5, 0.6) is 0 Å². The molecular formula is C12H6F11NO4S2. The van der Waals surface area contributed by atoms with Crippen molar-refractivity contribution in [2.24, 2.45) is 0 Å². The molecule has 0 unspecified atom stereocenters. The number of benzene rings is 1. The minimum atomic E-state index is -7.75. The second kappa shape index (κ2) is 7.63. The largest absolute Gasteiger partial charge is 0.448 e. The first-order valence-electron chi connectivity index (χ1n) is 6.76. The molecule has 0 spiro atoms. The van der Waals surface area contributed by atoms with Crippen molar-refractivity contribution in [2.45, 2.75) is 29.2 Å². The lowest BCUT2D eigenvalue weighted by Crippen LogP contribution is -2.62. The minimum Gasteiger partial charge on any atom is -0.207 e. The molecule has 0 aliphatic heterocycles. The van der Waals surface area contributed by atoms with Crippen LogP contribution < -0.4 is 4.13 Å². The lowest BCUT2D eigenvalue weighted by molar-refractivity contribution is -0.306. The molecule has 0 aliphatic rings. The molecular weight excluding hydrogens is 495 g/mol. The fourth-order valence-electron chi connectivity index (χ4n) is 1.89. The van der Waals surface area contributed by atoms with Gasteiger partial charge in [0.05, 0.1) is 5.56 Å². The third kappa shape index (κ3) is 3.98. The van der Waals surface area contributed by atoms with E-state index in [0.29, 0.717) is 0 Å². The van der Waals surface area contributed by atoms with Crippen LogP contribution >= 0.6 is 0 Å². The van der Waals surface area contributed by atoms with Gasteiger partial charge in [-0.3, -0.25) is 0 Å². The molecule has 1 rings (SSSR count). The van der Waals surface area contributed by atoms with Gasteiger partial charge in [0, 0.05) is 0 Å². The van der Waals surface area contributed by atoms with Crippen LogP contribution in [0.15, 0.2) is 11.0 Å². The van der Waals surface area contributed by atoms with Crippen LogP contribution in [-0.4, -0.2) is 34.2 Å². The average Bonchev–Trinajstić information content (AvgIpc) is 2.52. The van der Waals surface area contributed by atoms with Crippen LogP contribution in [0.4, 0.5) is 48.3 Å². The van der Waals surface area contributed by atoms with E-state index >= 15 is 0 Å². The van der Waals surface area contributed by atoms with Crippen LogP contribution in [-0.2, 0) is 20.0 Å². The predicted molar refractivity (Wildman–Crippen MR) is 76.2 cm³/mol. The molecule has 0 fully saturated rings. The molecule has 0 saturated carbocycles. The van der Waals surface area contributed by atoms with E-state index in [2.05, 4.69) is 0 Å². The van der Waals surface area contributed by atoms with Crippen LogP contribution in [0.1, 0.15) is 12.5 Å². The number of alkyl halides is 7. The fourth-order valence-corrected chi connectivity index (χ4v) is 5.12. The van der Waals surface area contributed by atoms with E-state index in [9.17, 15) is 65.1 Å². The topological polar surface area (TPSA) is 80.3 Å². The summed E-state index contributed by atoms with van der Waals surface area (Å²) in [5.74, 6) is -10.8. The molecule has 0 aliphatic carbocycles. The first kappa shape index (κ1) is 26.1. The van der Waals surface area contributed by atoms with Crippen molar-refractivity contribution >= 4 is 26.1 Å². The summed E-state index contributed by atoms with van der Waals surface area (Å²) in [6.07, 6.45) is -13.7. The predicted octanol–water partition coefficient (Wildman–Crippen LogP) is 3.67. The first-order valence-corrected chi connectivity index (χ1v) is 9.73. The zero-order valence-electron chi connectivity index (χ0n) is 13.8. The summed E-state index contributed by atoms with van der Waals surface area (Å²) < 4.78 is 190. The third-order valence-electron chi connectivity index (χ3n) is 3.18. The van der Waals surface area contributed by atoms with Gasteiger partial charge in [-0.1, -0.05) is 12.2 Å². The number of halogens is 11. The lowest BCUT2D eigenvalue weighted by atomic mass is 10.1. The highest BCUT2D eigenvalue weighted by Crippen LogP contribution is 2.49. The van der Waals surface area contributed by atoms with Crippen molar-refractivity contribution in [3.8, 4) is 0 Å². The monoisotopic (exact) mass is 501 g/mol. The van der Waals surface area contributed by atoms with E-state index in [1.54, 1.807) is 0 Å². The molecule has 172 valence electrons. The summed E-state index contributed by atoms with van der Waals surface area (Å²) in [6, 6.07) is 0. The molecule has 18 heteroatoms. The van der Waals surface area contributed by atoms with Gasteiger partial charge in [-0.25, -0.2) is 38.8 Å². The van der Waals surface area contributed by atoms with E-state index in [-0.39, 0.29) is 6.08 Å². The van der Waals surface area contributed by atoms with Crippen molar-refractivity contribution in [1.82, 2.24) is 4.13 Å². The Morgan fingerprint density at radius 1 is 0.733 bits per heavy atom. The molecule has 0 heterocycles. The maximum Gasteiger partial charge on any atom is 0.448 e. The number of hydrogen-bond acceptors (Lipinski definition) is 4. The van der Waals surface area contributed by atoms with Gasteiger partial charge in [-0.2, -0.15) is 26.3 Å². The third-order valence-corrected chi connectivity index (χ3v) is 7.03. The van der Waals surface area contributed by atoms with E-state index < -0.39 is 75.3 Å². The van der Waals surface area contributed by atoms with Gasteiger partial charge in [-0.15, -0.1) is 4.13 Å². The maximum atomic E-state index is 14.1. The Kier molecular flexibility index (Phi) is 6.63. The molecule has 5 nitrogen and oxygen atoms in total. The highest BCUT2D eigenvalue weighted by Gasteiger charge is 2.81. The summed E-state index contributed by atoms with van der Waals surface area (Å²) in [6.45, 7) is 1.02. The zero-order chi connectivity index (χ0) is 24.1. The van der Waals surface area contributed by atoms with Gasteiger partial charge in [0.15, 0.2) is 28.2 Å². The molecule has 30 heavy (non-hydrogen) atoms. The summed E-state index contributed by atoms with van der Waals surface area (Å²) in [4.78, 5) is -2.82. The van der Waals surface area contributed by atoms with Gasteiger partial charge in [0.25, 0.3) is 20.0 Å². The van der Waals surface area contributed by atoms with Crippen LogP contribution in [0, 0.1) is 23.3 Å².